The molecule has 0 bridgehead atoms. The van der Waals surface area contributed by atoms with Gasteiger partial charge in [-0.2, -0.15) is 12.8 Å². The molecular formula is C16H15F2NO6S. The summed E-state index contributed by atoms with van der Waals surface area (Å²) in [6.07, 6.45) is -0.0157. The highest BCUT2D eigenvalue weighted by molar-refractivity contribution is 7.86. The van der Waals surface area contributed by atoms with Crippen molar-refractivity contribution in [2.45, 2.75) is 18.2 Å². The molecule has 2 aromatic rings. The number of aryl methyl sites for hydroxylation is 1. The molecule has 0 aliphatic carbocycles. The van der Waals surface area contributed by atoms with Gasteiger partial charge in [0.05, 0.1) is 23.0 Å². The van der Waals surface area contributed by atoms with Gasteiger partial charge in [0, 0.05) is 12.5 Å². The van der Waals surface area contributed by atoms with Gasteiger partial charge in [-0.1, -0.05) is 18.2 Å². The van der Waals surface area contributed by atoms with E-state index in [0.717, 1.165) is 6.07 Å². The summed E-state index contributed by atoms with van der Waals surface area (Å²) in [7, 11) is -3.97. The number of ether oxygens (including phenoxy) is 1. The Morgan fingerprint density at radius 3 is 2.46 bits per heavy atom. The van der Waals surface area contributed by atoms with E-state index in [9.17, 15) is 27.3 Å². The smallest absolute Gasteiger partial charge is 0.314 e. The highest BCUT2D eigenvalue weighted by Crippen LogP contribution is 2.31. The van der Waals surface area contributed by atoms with Crippen LogP contribution in [0.2, 0.25) is 0 Å². The second-order valence-corrected chi connectivity index (χ2v) is 6.79. The molecule has 0 radical (unpaired) electrons. The zero-order valence-corrected chi connectivity index (χ0v) is 14.5. The fourth-order valence-electron chi connectivity index (χ4n) is 2.11. The molecule has 0 heterocycles. The Labute approximate surface area is 148 Å². The molecule has 2 rings (SSSR count). The lowest BCUT2D eigenvalue weighted by atomic mass is 10.2. The second kappa shape index (κ2) is 8.19. The molecule has 0 aliphatic rings. The minimum absolute atomic E-state index is 0.0157. The Balaban J connectivity index is 1.95. The van der Waals surface area contributed by atoms with Crippen LogP contribution in [-0.2, 0) is 14.3 Å². The van der Waals surface area contributed by atoms with E-state index in [0.29, 0.717) is 11.6 Å². The molecule has 0 spiro atoms. The first-order valence-corrected chi connectivity index (χ1v) is 8.85. The van der Waals surface area contributed by atoms with Gasteiger partial charge in [-0.3, -0.25) is 14.3 Å². The molecule has 2 aromatic carbocycles. The predicted octanol–water partition coefficient (Wildman–Crippen LogP) is 3.36. The third-order valence-electron chi connectivity index (χ3n) is 3.36. The zero-order chi connectivity index (χ0) is 19.3. The first-order valence-electron chi connectivity index (χ1n) is 7.44. The van der Waals surface area contributed by atoms with Crippen molar-refractivity contribution in [3.05, 3.63) is 63.7 Å². The highest BCUT2D eigenvalue weighted by atomic mass is 32.2. The van der Waals surface area contributed by atoms with Crippen LogP contribution in [0.5, 0.6) is 5.75 Å². The van der Waals surface area contributed by atoms with Crippen LogP contribution in [0.15, 0.2) is 41.3 Å². The van der Waals surface area contributed by atoms with Crippen molar-refractivity contribution < 1.29 is 31.0 Å². The van der Waals surface area contributed by atoms with Crippen molar-refractivity contribution in [3.8, 4) is 5.75 Å². The van der Waals surface area contributed by atoms with E-state index in [1.807, 2.05) is 0 Å². The van der Waals surface area contributed by atoms with Gasteiger partial charge in [0.1, 0.15) is 0 Å². The quantitative estimate of drug-likeness (QED) is 0.298. The third-order valence-corrected chi connectivity index (χ3v) is 4.84. The van der Waals surface area contributed by atoms with Gasteiger partial charge in [-0.15, -0.1) is 0 Å². The average Bonchev–Trinajstić information content (AvgIpc) is 2.58. The number of benzene rings is 2. The average molecular weight is 387 g/mol. The first kappa shape index (κ1) is 19.7. The summed E-state index contributed by atoms with van der Waals surface area (Å²) >= 11 is 0. The maximum Gasteiger partial charge on any atom is 0.314 e. The van der Waals surface area contributed by atoms with Crippen molar-refractivity contribution in [1.82, 2.24) is 0 Å². The van der Waals surface area contributed by atoms with Crippen LogP contribution >= 0.6 is 0 Å². The standard InChI is InChI=1S/C16H15F2NO6S/c1-11-5-2-3-6-14(11)26(22,23)25-10-4-9-24-16-13(19(20)21)8-7-12(17)15(16)18/h2-3,5-8H,4,9-10H2,1H3. The van der Waals surface area contributed by atoms with Crippen LogP contribution in [0, 0.1) is 28.7 Å². The number of rotatable bonds is 8. The van der Waals surface area contributed by atoms with Gasteiger partial charge in [0.2, 0.25) is 11.6 Å². The topological polar surface area (TPSA) is 95.7 Å². The van der Waals surface area contributed by atoms with Crippen LogP contribution < -0.4 is 4.74 Å². The number of nitro groups is 1. The maximum absolute atomic E-state index is 13.7. The summed E-state index contributed by atoms with van der Waals surface area (Å²) in [5, 5.41) is 10.8. The molecule has 0 saturated carbocycles. The van der Waals surface area contributed by atoms with Crippen LogP contribution in [-0.4, -0.2) is 26.6 Å². The summed E-state index contributed by atoms with van der Waals surface area (Å²) in [4.78, 5) is 9.94. The molecule has 0 amide bonds. The summed E-state index contributed by atoms with van der Waals surface area (Å²) in [6.45, 7) is 1.02. The van der Waals surface area contributed by atoms with E-state index in [2.05, 4.69) is 0 Å². The minimum Gasteiger partial charge on any atom is -0.485 e. The van der Waals surface area contributed by atoms with E-state index >= 15 is 0 Å². The number of hydrogen-bond acceptors (Lipinski definition) is 6. The van der Waals surface area contributed by atoms with Crippen molar-refractivity contribution in [2.75, 3.05) is 13.2 Å². The lowest BCUT2D eigenvalue weighted by Crippen LogP contribution is -2.12. The summed E-state index contributed by atoms with van der Waals surface area (Å²) in [5.41, 5.74) is -0.210. The molecule has 0 saturated heterocycles. The van der Waals surface area contributed by atoms with Gasteiger partial charge in [0.15, 0.2) is 5.82 Å². The molecule has 10 heteroatoms. The lowest BCUT2D eigenvalue weighted by Gasteiger charge is -2.10. The van der Waals surface area contributed by atoms with Crippen LogP contribution in [0.4, 0.5) is 14.5 Å². The fourth-order valence-corrected chi connectivity index (χ4v) is 3.28. The summed E-state index contributed by atoms with van der Waals surface area (Å²) in [6, 6.07) is 7.66. The Hall–Kier alpha value is -2.59. The number of hydrogen-bond donors (Lipinski definition) is 0. The molecule has 0 aliphatic heterocycles. The van der Waals surface area contributed by atoms with E-state index in [1.54, 1.807) is 25.1 Å². The molecular weight excluding hydrogens is 372 g/mol. The van der Waals surface area contributed by atoms with E-state index in [1.165, 1.54) is 6.07 Å². The van der Waals surface area contributed by atoms with Crippen LogP contribution in [0.1, 0.15) is 12.0 Å². The Morgan fingerprint density at radius 1 is 1.12 bits per heavy atom. The van der Waals surface area contributed by atoms with Crippen molar-refractivity contribution in [3.63, 3.8) is 0 Å². The Bertz CT molecular complexity index is 917. The Morgan fingerprint density at radius 2 is 1.81 bits per heavy atom. The van der Waals surface area contributed by atoms with E-state index < -0.39 is 38.1 Å². The molecule has 0 N–H and O–H groups in total. The fraction of sp³-hybridized carbons (Fsp3) is 0.250. The van der Waals surface area contributed by atoms with Gasteiger partial charge >= 0.3 is 5.69 Å². The predicted molar refractivity (Wildman–Crippen MR) is 87.4 cm³/mol. The molecule has 0 aromatic heterocycles. The first-order chi connectivity index (χ1) is 12.2. The second-order valence-electron chi connectivity index (χ2n) is 5.21. The summed E-state index contributed by atoms with van der Waals surface area (Å²) in [5.74, 6) is -3.60. The molecule has 140 valence electrons. The van der Waals surface area contributed by atoms with Gasteiger partial charge in [-0.05, 0) is 24.6 Å². The maximum atomic E-state index is 13.7. The van der Waals surface area contributed by atoms with E-state index in [-0.39, 0.29) is 24.5 Å². The SMILES string of the molecule is Cc1ccccc1S(=O)(=O)OCCCOc1c([N+](=O)[O-])ccc(F)c1F. The third kappa shape index (κ3) is 4.52. The normalized spacial score (nSPS) is 11.3. The molecule has 0 atom stereocenters. The number of nitrogens with zero attached hydrogens (tertiary/aromatic N) is 1. The van der Waals surface area contributed by atoms with Crippen molar-refractivity contribution >= 4 is 15.8 Å². The molecule has 26 heavy (non-hydrogen) atoms. The van der Waals surface area contributed by atoms with E-state index in [4.69, 9.17) is 8.92 Å². The summed E-state index contributed by atoms with van der Waals surface area (Å²) < 4.78 is 60.8. The monoisotopic (exact) mass is 387 g/mol. The molecule has 0 fully saturated rings. The minimum atomic E-state index is -3.97. The highest BCUT2D eigenvalue weighted by Gasteiger charge is 2.23. The van der Waals surface area contributed by atoms with Gasteiger partial charge < -0.3 is 4.74 Å². The van der Waals surface area contributed by atoms with Crippen molar-refractivity contribution in [1.29, 1.82) is 0 Å². The molecule has 0 unspecified atom stereocenters. The lowest BCUT2D eigenvalue weighted by molar-refractivity contribution is -0.386. The zero-order valence-electron chi connectivity index (χ0n) is 13.6. The Kier molecular flexibility index (Phi) is 6.22. The largest absolute Gasteiger partial charge is 0.485 e. The van der Waals surface area contributed by atoms with Crippen LogP contribution in [0.25, 0.3) is 0 Å². The van der Waals surface area contributed by atoms with Crippen LogP contribution in [0.3, 0.4) is 0 Å². The van der Waals surface area contributed by atoms with Crippen molar-refractivity contribution in [2.24, 2.45) is 0 Å². The number of halogens is 2. The van der Waals surface area contributed by atoms with Gasteiger partial charge in [0.25, 0.3) is 10.1 Å². The van der Waals surface area contributed by atoms with Gasteiger partial charge in [-0.25, -0.2) is 4.39 Å². The molecule has 7 nitrogen and oxygen atoms in total. The number of nitro benzene ring substituents is 1.